The minimum absolute atomic E-state index is 0.0176. The van der Waals surface area contributed by atoms with E-state index in [0.29, 0.717) is 13.7 Å². The maximum Gasteiger partial charge on any atom is 0.264 e. The second-order valence-electron chi connectivity index (χ2n) is 2.16. The quantitative estimate of drug-likeness (QED) is 0.427. The van der Waals surface area contributed by atoms with E-state index in [1.807, 2.05) is 22.6 Å². The molecule has 1 rings (SSSR count). The highest BCUT2D eigenvalue weighted by atomic mass is 127. The molecule has 2 nitrogen and oxygen atoms in total. The summed E-state index contributed by atoms with van der Waals surface area (Å²) in [6.07, 6.45) is -2.22. The van der Waals surface area contributed by atoms with E-state index in [1.165, 1.54) is 6.07 Å². The molecule has 6 heteroatoms. The molecular weight excluding hydrogens is 406 g/mol. The van der Waals surface area contributed by atoms with Gasteiger partial charge in [0.2, 0.25) is 0 Å². The van der Waals surface area contributed by atoms with E-state index in [1.54, 1.807) is 22.6 Å². The van der Waals surface area contributed by atoms with Gasteiger partial charge in [-0.1, -0.05) is 0 Å². The number of alkyl halides is 2. The van der Waals surface area contributed by atoms with Gasteiger partial charge in [-0.25, -0.2) is 13.8 Å². The fourth-order valence-electron chi connectivity index (χ4n) is 0.809. The molecule has 0 unspecified atom stereocenters. The van der Waals surface area contributed by atoms with Crippen molar-refractivity contribution >= 4 is 51.5 Å². The van der Waals surface area contributed by atoms with Crippen LogP contribution >= 0.6 is 45.2 Å². The van der Waals surface area contributed by atoms with Crippen molar-refractivity contribution in [1.29, 1.82) is 0 Å². The Bertz CT molecular complexity index is 344. The number of hydrogen-bond acceptors (Lipinski definition) is 2. The molecule has 0 aliphatic rings. The lowest BCUT2D eigenvalue weighted by molar-refractivity contribution is 0.110. The molecule has 70 valence electrons. The van der Waals surface area contributed by atoms with Gasteiger partial charge in [-0.3, -0.25) is 4.79 Å². The summed E-state index contributed by atoms with van der Waals surface area (Å²) in [4.78, 5) is 14.4. The monoisotopic (exact) mass is 409 g/mol. The first kappa shape index (κ1) is 11.2. The van der Waals surface area contributed by atoms with Crippen molar-refractivity contribution in [2.45, 2.75) is 6.43 Å². The van der Waals surface area contributed by atoms with Gasteiger partial charge in [0, 0.05) is 5.56 Å². The van der Waals surface area contributed by atoms with E-state index >= 15 is 0 Å². The normalized spacial score (nSPS) is 10.5. The molecule has 0 aliphatic heterocycles. The van der Waals surface area contributed by atoms with E-state index in [2.05, 4.69) is 4.98 Å². The summed E-state index contributed by atoms with van der Waals surface area (Å²) >= 11 is 3.60. The van der Waals surface area contributed by atoms with Crippen molar-refractivity contribution in [2.24, 2.45) is 0 Å². The van der Waals surface area contributed by atoms with E-state index in [9.17, 15) is 13.6 Å². The maximum absolute atomic E-state index is 12.4. The number of hydrogen-bond donors (Lipinski definition) is 0. The van der Waals surface area contributed by atoms with Gasteiger partial charge in [-0.15, -0.1) is 0 Å². The van der Waals surface area contributed by atoms with Gasteiger partial charge >= 0.3 is 0 Å². The van der Waals surface area contributed by atoms with Crippen molar-refractivity contribution in [2.75, 3.05) is 0 Å². The van der Waals surface area contributed by atoms with Crippen LogP contribution in [0, 0.1) is 7.40 Å². The Morgan fingerprint density at radius 3 is 2.54 bits per heavy atom. The Labute approximate surface area is 100 Å². The lowest BCUT2D eigenvalue weighted by Crippen LogP contribution is -2.01. The van der Waals surface area contributed by atoms with Crippen LogP contribution in [0.5, 0.6) is 0 Å². The molecule has 0 saturated carbocycles. The van der Waals surface area contributed by atoms with Crippen molar-refractivity contribution in [3.8, 4) is 0 Å². The third-order valence-corrected chi connectivity index (χ3v) is 2.74. The first-order valence-corrected chi connectivity index (χ1v) is 5.31. The molecule has 0 saturated heterocycles. The summed E-state index contributed by atoms with van der Waals surface area (Å²) in [5.41, 5.74) is -0.269. The Balaban J connectivity index is 3.38. The van der Waals surface area contributed by atoms with Crippen LogP contribution in [0.15, 0.2) is 6.07 Å². The molecule has 0 amide bonds. The van der Waals surface area contributed by atoms with Crippen molar-refractivity contribution in [1.82, 2.24) is 4.98 Å². The molecular formula is C7H3F2I2NO. The molecule has 13 heavy (non-hydrogen) atoms. The lowest BCUT2D eigenvalue weighted by Gasteiger charge is -2.05. The van der Waals surface area contributed by atoms with E-state index in [0.717, 1.165) is 0 Å². The zero-order valence-electron chi connectivity index (χ0n) is 6.10. The molecule has 1 aromatic heterocycles. The van der Waals surface area contributed by atoms with Gasteiger partial charge in [0.25, 0.3) is 6.43 Å². The van der Waals surface area contributed by atoms with Gasteiger partial charge in [-0.2, -0.15) is 0 Å². The Kier molecular flexibility index (Phi) is 3.95. The number of carbonyl (C=O) groups is 1. The molecule has 0 radical (unpaired) electrons. The number of carbonyl (C=O) groups excluding carboxylic acids is 1. The van der Waals surface area contributed by atoms with Gasteiger partial charge < -0.3 is 0 Å². The molecule has 0 fully saturated rings. The van der Waals surface area contributed by atoms with Crippen LogP contribution < -0.4 is 0 Å². The highest BCUT2D eigenvalue weighted by molar-refractivity contribution is 14.1. The van der Waals surface area contributed by atoms with Crippen LogP contribution in [0.4, 0.5) is 8.78 Å². The fraction of sp³-hybridized carbons (Fsp3) is 0.143. The third kappa shape index (κ3) is 2.55. The zero-order chi connectivity index (χ0) is 10.0. The summed E-state index contributed by atoms with van der Waals surface area (Å²) in [6.45, 7) is 0. The van der Waals surface area contributed by atoms with Crippen LogP contribution in [0.3, 0.4) is 0 Å². The minimum Gasteiger partial charge on any atom is -0.298 e. The Hall–Kier alpha value is 0.140. The number of rotatable bonds is 2. The number of aromatic nitrogens is 1. The highest BCUT2D eigenvalue weighted by Crippen LogP contribution is 2.25. The summed E-state index contributed by atoms with van der Waals surface area (Å²) in [6, 6.07) is 1.22. The van der Waals surface area contributed by atoms with Crippen molar-refractivity contribution in [3.63, 3.8) is 0 Å². The van der Waals surface area contributed by atoms with E-state index in [-0.39, 0.29) is 11.1 Å². The number of halogens is 4. The minimum atomic E-state index is -2.63. The first-order chi connectivity index (χ1) is 6.06. The number of aldehydes is 1. The largest absolute Gasteiger partial charge is 0.298 e. The Morgan fingerprint density at radius 2 is 2.08 bits per heavy atom. The average Bonchev–Trinajstić information content (AvgIpc) is 2.02. The lowest BCUT2D eigenvalue weighted by atomic mass is 10.2. The van der Waals surface area contributed by atoms with Crippen molar-refractivity contribution in [3.05, 3.63) is 24.6 Å². The van der Waals surface area contributed by atoms with Crippen molar-refractivity contribution < 1.29 is 13.6 Å². The predicted molar refractivity (Wildman–Crippen MR) is 60.0 cm³/mol. The zero-order valence-corrected chi connectivity index (χ0v) is 10.4. The Morgan fingerprint density at radius 1 is 1.46 bits per heavy atom. The smallest absolute Gasteiger partial charge is 0.264 e. The van der Waals surface area contributed by atoms with Crippen LogP contribution in [-0.2, 0) is 0 Å². The SMILES string of the molecule is O=Cc1c(C(F)F)cc(I)nc1I. The van der Waals surface area contributed by atoms with Gasteiger partial charge in [0.15, 0.2) is 6.29 Å². The standard InChI is InChI=1S/C7H3F2I2NO/c8-6(9)3-1-5(10)12-7(11)4(3)2-13/h1-2,6H. The molecule has 0 bridgehead atoms. The third-order valence-electron chi connectivity index (χ3n) is 1.37. The molecule has 0 aromatic carbocycles. The number of pyridine rings is 1. The molecule has 0 aliphatic carbocycles. The van der Waals surface area contributed by atoms with Gasteiger partial charge in [0.1, 0.15) is 7.40 Å². The second-order valence-corrected chi connectivity index (χ2v) is 4.28. The molecule has 1 heterocycles. The summed E-state index contributed by atoms with van der Waals surface area (Å²) in [5.74, 6) is 0. The van der Waals surface area contributed by atoms with E-state index < -0.39 is 6.43 Å². The predicted octanol–water partition coefficient (Wildman–Crippen LogP) is 3.04. The molecule has 0 N–H and O–H groups in total. The highest BCUT2D eigenvalue weighted by Gasteiger charge is 2.16. The van der Waals surface area contributed by atoms with E-state index in [4.69, 9.17) is 0 Å². The molecule has 1 aromatic rings. The molecule has 0 spiro atoms. The van der Waals surface area contributed by atoms with Crippen LogP contribution in [0.2, 0.25) is 0 Å². The van der Waals surface area contributed by atoms with Crippen LogP contribution in [0.1, 0.15) is 22.3 Å². The average molecular weight is 409 g/mol. The maximum atomic E-state index is 12.4. The van der Waals surface area contributed by atoms with Gasteiger partial charge in [-0.05, 0) is 51.2 Å². The van der Waals surface area contributed by atoms with Crippen LogP contribution in [0.25, 0.3) is 0 Å². The molecule has 0 atom stereocenters. The summed E-state index contributed by atoms with van der Waals surface area (Å²) in [7, 11) is 0. The van der Waals surface area contributed by atoms with Gasteiger partial charge in [0.05, 0.1) is 5.56 Å². The summed E-state index contributed by atoms with van der Waals surface area (Å²) in [5, 5.41) is 0. The summed E-state index contributed by atoms with van der Waals surface area (Å²) < 4.78 is 25.5. The first-order valence-electron chi connectivity index (χ1n) is 3.15. The number of nitrogens with zero attached hydrogens (tertiary/aromatic N) is 1. The van der Waals surface area contributed by atoms with Crippen LogP contribution in [-0.4, -0.2) is 11.3 Å². The second kappa shape index (κ2) is 4.58. The fourth-order valence-corrected chi connectivity index (χ4v) is 2.55. The topological polar surface area (TPSA) is 30.0 Å².